The van der Waals surface area contributed by atoms with Crippen LogP contribution >= 0.6 is 0 Å². The smallest absolute Gasteiger partial charge is 0.326 e. The maximum absolute atomic E-state index is 12.0. The monoisotopic (exact) mass is 247 g/mol. The van der Waals surface area contributed by atoms with Crippen molar-refractivity contribution >= 4 is 16.7 Å². The molecule has 0 amide bonds. The maximum Gasteiger partial charge on any atom is 0.326 e. The van der Waals surface area contributed by atoms with Gasteiger partial charge in [-0.15, -0.1) is 0 Å². The third-order valence-corrected chi connectivity index (χ3v) is 3.77. The van der Waals surface area contributed by atoms with Crippen LogP contribution < -0.4 is 11.4 Å². The molecule has 96 valence electrons. The highest BCUT2D eigenvalue weighted by Crippen LogP contribution is 2.29. The van der Waals surface area contributed by atoms with Crippen molar-refractivity contribution in [3.05, 3.63) is 28.7 Å². The van der Waals surface area contributed by atoms with Gasteiger partial charge < -0.3 is 15.8 Å². The fourth-order valence-electron chi connectivity index (χ4n) is 2.83. The maximum atomic E-state index is 12.0. The summed E-state index contributed by atoms with van der Waals surface area (Å²) in [5, 5.41) is 9.53. The standard InChI is InChI=1S/C13H17N3O2/c14-8-1-6-12-11(7-8)15-13(18)16(12)9-2-4-10(17)5-3-9/h1,6-7,9-10,17H,2-5,14H2,(H,15,18). The second-order valence-corrected chi connectivity index (χ2v) is 5.04. The summed E-state index contributed by atoms with van der Waals surface area (Å²) in [4.78, 5) is 14.9. The quantitative estimate of drug-likeness (QED) is 0.666. The summed E-state index contributed by atoms with van der Waals surface area (Å²) in [6, 6.07) is 5.65. The highest BCUT2D eigenvalue weighted by Gasteiger charge is 2.23. The van der Waals surface area contributed by atoms with Gasteiger partial charge in [0.1, 0.15) is 0 Å². The lowest BCUT2D eigenvalue weighted by Crippen LogP contribution is -2.27. The van der Waals surface area contributed by atoms with Crippen LogP contribution in [0.4, 0.5) is 5.69 Å². The molecule has 3 rings (SSSR count). The Morgan fingerprint density at radius 1 is 1.28 bits per heavy atom. The molecule has 0 spiro atoms. The van der Waals surface area contributed by atoms with Crippen molar-refractivity contribution in [1.29, 1.82) is 0 Å². The van der Waals surface area contributed by atoms with Gasteiger partial charge in [-0.25, -0.2) is 4.79 Å². The van der Waals surface area contributed by atoms with Crippen molar-refractivity contribution < 1.29 is 5.11 Å². The number of rotatable bonds is 1. The second-order valence-electron chi connectivity index (χ2n) is 5.04. The van der Waals surface area contributed by atoms with Gasteiger partial charge in [-0.05, 0) is 43.9 Å². The molecule has 2 aromatic rings. The highest BCUT2D eigenvalue weighted by atomic mass is 16.3. The van der Waals surface area contributed by atoms with Gasteiger partial charge in [0.2, 0.25) is 0 Å². The summed E-state index contributed by atoms with van der Waals surface area (Å²) < 4.78 is 1.81. The number of anilines is 1. The zero-order valence-electron chi connectivity index (χ0n) is 10.1. The Morgan fingerprint density at radius 2 is 2.00 bits per heavy atom. The third kappa shape index (κ3) is 1.80. The average Bonchev–Trinajstić information content (AvgIpc) is 2.65. The third-order valence-electron chi connectivity index (χ3n) is 3.77. The fraction of sp³-hybridized carbons (Fsp3) is 0.462. The normalized spacial score (nSPS) is 24.5. The Morgan fingerprint density at radius 3 is 2.72 bits per heavy atom. The zero-order valence-corrected chi connectivity index (χ0v) is 10.1. The van der Waals surface area contributed by atoms with Crippen LogP contribution in [0.1, 0.15) is 31.7 Å². The van der Waals surface area contributed by atoms with E-state index in [1.807, 2.05) is 12.1 Å². The SMILES string of the molecule is Nc1ccc2c(c1)[nH]c(=O)n2C1CCC(O)CC1. The van der Waals surface area contributed by atoms with Crippen LogP contribution in [0.25, 0.3) is 11.0 Å². The highest BCUT2D eigenvalue weighted by molar-refractivity contribution is 5.79. The molecule has 0 atom stereocenters. The first-order chi connectivity index (χ1) is 8.65. The van der Waals surface area contributed by atoms with Crippen LogP contribution in [0.3, 0.4) is 0 Å². The molecule has 1 aromatic heterocycles. The molecule has 1 aliphatic rings. The Hall–Kier alpha value is -1.75. The lowest BCUT2D eigenvalue weighted by molar-refractivity contribution is 0.111. The van der Waals surface area contributed by atoms with E-state index >= 15 is 0 Å². The van der Waals surface area contributed by atoms with E-state index < -0.39 is 0 Å². The molecule has 0 unspecified atom stereocenters. The van der Waals surface area contributed by atoms with Crippen LogP contribution in [-0.4, -0.2) is 20.8 Å². The minimum Gasteiger partial charge on any atom is -0.399 e. The molecule has 1 aliphatic carbocycles. The van der Waals surface area contributed by atoms with Gasteiger partial charge in [0.15, 0.2) is 0 Å². The number of aliphatic hydroxyl groups excluding tert-OH is 1. The number of H-pyrrole nitrogens is 1. The number of aromatic amines is 1. The predicted octanol–water partition coefficient (Wildman–Crippen LogP) is 1.39. The van der Waals surface area contributed by atoms with E-state index in [2.05, 4.69) is 4.98 Å². The molecule has 1 aromatic carbocycles. The molecule has 0 radical (unpaired) electrons. The molecule has 0 bridgehead atoms. The van der Waals surface area contributed by atoms with Crippen molar-refractivity contribution in [3.63, 3.8) is 0 Å². The first-order valence-corrected chi connectivity index (χ1v) is 6.33. The summed E-state index contributed by atoms with van der Waals surface area (Å²) in [7, 11) is 0. The van der Waals surface area contributed by atoms with Gasteiger partial charge in [0.05, 0.1) is 17.1 Å². The molecular weight excluding hydrogens is 230 g/mol. The Bertz CT molecular complexity index is 621. The van der Waals surface area contributed by atoms with E-state index in [0.717, 1.165) is 36.7 Å². The number of nitrogens with one attached hydrogen (secondary N) is 1. The molecule has 0 aliphatic heterocycles. The number of hydrogen-bond acceptors (Lipinski definition) is 3. The van der Waals surface area contributed by atoms with E-state index in [1.54, 1.807) is 10.6 Å². The summed E-state index contributed by atoms with van der Waals surface area (Å²) in [6.45, 7) is 0. The number of nitrogen functional groups attached to an aromatic ring is 1. The molecule has 1 heterocycles. The molecule has 0 saturated heterocycles. The van der Waals surface area contributed by atoms with Crippen LogP contribution in [0.15, 0.2) is 23.0 Å². The first-order valence-electron chi connectivity index (χ1n) is 6.33. The van der Waals surface area contributed by atoms with Gasteiger partial charge >= 0.3 is 5.69 Å². The number of nitrogens with zero attached hydrogens (tertiary/aromatic N) is 1. The van der Waals surface area contributed by atoms with E-state index in [4.69, 9.17) is 5.73 Å². The van der Waals surface area contributed by atoms with E-state index in [0.29, 0.717) is 5.69 Å². The number of nitrogens with two attached hydrogens (primary N) is 1. The van der Waals surface area contributed by atoms with Gasteiger partial charge in [-0.1, -0.05) is 0 Å². The topological polar surface area (TPSA) is 84.0 Å². The number of hydrogen-bond donors (Lipinski definition) is 3. The minimum atomic E-state index is -0.210. The van der Waals surface area contributed by atoms with E-state index in [9.17, 15) is 9.90 Å². The lowest BCUT2D eigenvalue weighted by Gasteiger charge is -2.26. The summed E-state index contributed by atoms with van der Waals surface area (Å²) >= 11 is 0. The van der Waals surface area contributed by atoms with Crippen LogP contribution in [0.5, 0.6) is 0 Å². The van der Waals surface area contributed by atoms with Crippen LogP contribution in [0.2, 0.25) is 0 Å². The molecule has 1 fully saturated rings. The van der Waals surface area contributed by atoms with Crippen molar-refractivity contribution in [3.8, 4) is 0 Å². The predicted molar refractivity (Wildman–Crippen MR) is 70.5 cm³/mol. The van der Waals surface area contributed by atoms with Crippen LogP contribution in [-0.2, 0) is 0 Å². The van der Waals surface area contributed by atoms with Gasteiger partial charge in [-0.2, -0.15) is 0 Å². The number of aliphatic hydroxyl groups is 1. The Labute approximate surface area is 104 Å². The molecular formula is C13H17N3O2. The van der Waals surface area contributed by atoms with Gasteiger partial charge in [0.25, 0.3) is 0 Å². The van der Waals surface area contributed by atoms with Crippen LogP contribution in [0, 0.1) is 0 Å². The van der Waals surface area contributed by atoms with Crippen molar-refractivity contribution in [2.75, 3.05) is 5.73 Å². The number of benzene rings is 1. The summed E-state index contributed by atoms with van der Waals surface area (Å²) in [5.41, 5.74) is 7.96. The Kier molecular flexibility index (Phi) is 2.63. The second kappa shape index (κ2) is 4.17. The number of imidazole rings is 1. The van der Waals surface area contributed by atoms with E-state index in [1.165, 1.54) is 0 Å². The molecule has 4 N–H and O–H groups in total. The lowest BCUT2D eigenvalue weighted by atomic mass is 9.93. The largest absolute Gasteiger partial charge is 0.399 e. The fourth-order valence-corrected chi connectivity index (χ4v) is 2.83. The number of fused-ring (bicyclic) bond motifs is 1. The summed E-state index contributed by atoms with van der Waals surface area (Å²) in [5.74, 6) is 0. The van der Waals surface area contributed by atoms with E-state index in [-0.39, 0.29) is 17.8 Å². The number of aromatic nitrogens is 2. The molecule has 1 saturated carbocycles. The van der Waals surface area contributed by atoms with Crippen molar-refractivity contribution in [2.24, 2.45) is 0 Å². The van der Waals surface area contributed by atoms with Crippen molar-refractivity contribution in [1.82, 2.24) is 9.55 Å². The Balaban J connectivity index is 2.06. The minimum absolute atomic E-state index is 0.0861. The molecule has 5 heteroatoms. The molecule has 5 nitrogen and oxygen atoms in total. The van der Waals surface area contributed by atoms with Gasteiger partial charge in [-0.3, -0.25) is 4.57 Å². The molecule has 18 heavy (non-hydrogen) atoms. The summed E-state index contributed by atoms with van der Waals surface area (Å²) in [6.07, 6.45) is 3.01. The van der Waals surface area contributed by atoms with Gasteiger partial charge in [0, 0.05) is 11.7 Å². The average molecular weight is 247 g/mol. The first kappa shape index (κ1) is 11.3. The zero-order chi connectivity index (χ0) is 12.7. The van der Waals surface area contributed by atoms with Crippen molar-refractivity contribution in [2.45, 2.75) is 37.8 Å².